The van der Waals surface area contributed by atoms with Crippen molar-refractivity contribution in [2.75, 3.05) is 0 Å². The SMILES string of the molecule is C.C.C.C.P. The molecule has 0 aliphatic heterocycles. The summed E-state index contributed by atoms with van der Waals surface area (Å²) in [5.74, 6) is 0. The molecule has 0 spiro atoms. The van der Waals surface area contributed by atoms with Crippen LogP contribution in [0.1, 0.15) is 29.7 Å². The molecule has 0 aliphatic carbocycles. The summed E-state index contributed by atoms with van der Waals surface area (Å²) in [6, 6.07) is 0. The molecule has 0 amide bonds. The Labute approximate surface area is 40.6 Å². The molecule has 0 N–H and O–H groups in total. The molecule has 0 aliphatic rings. The van der Waals surface area contributed by atoms with Crippen LogP contribution < -0.4 is 0 Å². The topological polar surface area (TPSA) is 0 Å². The predicted molar refractivity (Wildman–Crippen MR) is 38.0 cm³/mol. The number of rotatable bonds is 0. The van der Waals surface area contributed by atoms with E-state index in [9.17, 15) is 0 Å². The summed E-state index contributed by atoms with van der Waals surface area (Å²) in [6.45, 7) is 0. The van der Waals surface area contributed by atoms with Crippen LogP contribution in [0.5, 0.6) is 0 Å². The van der Waals surface area contributed by atoms with Gasteiger partial charge in [-0.3, -0.25) is 0 Å². The van der Waals surface area contributed by atoms with Crippen molar-refractivity contribution in [3.8, 4) is 0 Å². The van der Waals surface area contributed by atoms with E-state index in [2.05, 4.69) is 0 Å². The lowest BCUT2D eigenvalue weighted by atomic mass is 12.0. The Bertz CT molecular complexity index is 3.61. The summed E-state index contributed by atoms with van der Waals surface area (Å²) in [7, 11) is 0. The highest BCUT2D eigenvalue weighted by Crippen LogP contribution is 0.861. The second-order valence-electron chi connectivity index (χ2n) is 0. The van der Waals surface area contributed by atoms with Gasteiger partial charge in [-0.15, -0.1) is 0 Å². The average molecular weight is 98.2 g/mol. The molecule has 1 atom stereocenters. The van der Waals surface area contributed by atoms with Crippen molar-refractivity contribution in [2.24, 2.45) is 0 Å². The van der Waals surface area contributed by atoms with E-state index in [4.69, 9.17) is 0 Å². The van der Waals surface area contributed by atoms with Crippen molar-refractivity contribution in [1.82, 2.24) is 0 Å². The summed E-state index contributed by atoms with van der Waals surface area (Å²) >= 11 is 0. The van der Waals surface area contributed by atoms with Gasteiger partial charge in [-0.25, -0.2) is 0 Å². The second-order valence-corrected chi connectivity index (χ2v) is 0. The van der Waals surface area contributed by atoms with Crippen LogP contribution in [-0.2, 0) is 0 Å². The molecule has 0 bridgehead atoms. The van der Waals surface area contributed by atoms with Crippen molar-refractivity contribution in [2.45, 2.75) is 29.7 Å². The van der Waals surface area contributed by atoms with Gasteiger partial charge < -0.3 is 0 Å². The third-order valence-corrected chi connectivity index (χ3v) is 0. The lowest BCUT2D eigenvalue weighted by Gasteiger charge is -0.153. The Kier molecular flexibility index (Phi) is 32500. The van der Waals surface area contributed by atoms with Crippen molar-refractivity contribution in [3.63, 3.8) is 0 Å². The standard InChI is InChI=1S/4CH4.H3P/h4*1H4;1H3. The summed E-state index contributed by atoms with van der Waals surface area (Å²) in [5, 5.41) is 0. The molecule has 1 heteroatoms. The quantitative estimate of drug-likeness (QED) is 0.408. The van der Waals surface area contributed by atoms with Crippen LogP contribution in [0.25, 0.3) is 0 Å². The van der Waals surface area contributed by atoms with Gasteiger partial charge in [-0.05, 0) is 0 Å². The monoisotopic (exact) mass is 98.1 g/mol. The molecule has 0 nitrogen and oxygen atoms in total. The summed E-state index contributed by atoms with van der Waals surface area (Å²) in [5.41, 5.74) is 0. The molecule has 40 valence electrons. The minimum absolute atomic E-state index is 0. The van der Waals surface area contributed by atoms with Crippen LogP contribution in [0.2, 0.25) is 0 Å². The molecule has 0 rings (SSSR count). The van der Waals surface area contributed by atoms with Crippen LogP contribution in [0, 0.1) is 0 Å². The van der Waals surface area contributed by atoms with Gasteiger partial charge in [0.15, 0.2) is 0 Å². The molecular weight excluding hydrogens is 79.0 g/mol. The fourth-order valence-corrected chi connectivity index (χ4v) is 0. The van der Waals surface area contributed by atoms with Crippen LogP contribution in [-0.4, -0.2) is 0 Å². The van der Waals surface area contributed by atoms with E-state index < -0.39 is 0 Å². The van der Waals surface area contributed by atoms with Gasteiger partial charge >= 0.3 is 0 Å². The Balaban J connectivity index is 0. The highest BCUT2D eigenvalue weighted by Gasteiger charge is -0.0745. The largest absolute Gasteiger partial charge is 0.153 e. The Hall–Kier alpha value is 0.430. The fraction of sp³-hybridized carbons (Fsp3) is 1.00. The first kappa shape index (κ1) is 576. The Morgan fingerprint density at radius 2 is 0.400 bits per heavy atom. The minimum Gasteiger partial charge on any atom is -0.153 e. The van der Waals surface area contributed by atoms with Gasteiger partial charge in [-0.1, -0.05) is 29.7 Å². The van der Waals surface area contributed by atoms with Crippen LogP contribution >= 0.6 is 9.90 Å². The molecule has 0 aromatic carbocycles. The van der Waals surface area contributed by atoms with Crippen LogP contribution in [0.15, 0.2) is 0 Å². The molecule has 0 heterocycles. The number of hydrogen-bond acceptors (Lipinski definition) is 0. The first-order valence-corrected chi connectivity index (χ1v) is 0. The first-order chi connectivity index (χ1) is 0. The van der Waals surface area contributed by atoms with Crippen molar-refractivity contribution >= 4 is 9.90 Å². The first-order valence-electron chi connectivity index (χ1n) is 0. The zero-order valence-corrected chi connectivity index (χ0v) is 2.12. The molecule has 0 saturated carbocycles. The highest BCUT2D eigenvalue weighted by atomic mass is 31.0. The van der Waals surface area contributed by atoms with E-state index in [1.54, 1.807) is 0 Å². The van der Waals surface area contributed by atoms with E-state index >= 15 is 0 Å². The maximum absolute atomic E-state index is 0. The summed E-state index contributed by atoms with van der Waals surface area (Å²) in [6.07, 6.45) is 0. The summed E-state index contributed by atoms with van der Waals surface area (Å²) < 4.78 is 0. The zero-order chi connectivity index (χ0) is 0. The lowest BCUT2D eigenvalue weighted by Crippen LogP contribution is 0.143. The molecule has 0 saturated heterocycles. The van der Waals surface area contributed by atoms with E-state index in [0.29, 0.717) is 0 Å². The van der Waals surface area contributed by atoms with Crippen molar-refractivity contribution < 1.29 is 0 Å². The third-order valence-electron chi connectivity index (χ3n) is 0. The smallest absolute Gasteiger partial charge is 0.0776 e. The molecule has 5 heavy (non-hydrogen) atoms. The van der Waals surface area contributed by atoms with Crippen molar-refractivity contribution in [1.29, 1.82) is 0 Å². The molecule has 0 radical (unpaired) electrons. The van der Waals surface area contributed by atoms with Gasteiger partial charge in [-0.2, -0.15) is 9.90 Å². The van der Waals surface area contributed by atoms with Crippen LogP contribution in [0.3, 0.4) is 0 Å². The van der Waals surface area contributed by atoms with Gasteiger partial charge in [0.1, 0.15) is 0 Å². The van der Waals surface area contributed by atoms with Gasteiger partial charge in [0, 0.05) is 0 Å². The fourth-order valence-electron chi connectivity index (χ4n) is 0. The summed E-state index contributed by atoms with van der Waals surface area (Å²) in [4.78, 5) is 0. The third kappa shape index (κ3) is 141. The van der Waals surface area contributed by atoms with E-state index in [1.165, 1.54) is 0 Å². The molecular formula is C4H19P. The Morgan fingerprint density at radius 3 is 0.400 bits per heavy atom. The maximum atomic E-state index is 0. The minimum atomic E-state index is 0. The average Bonchev–Trinajstić information content (AvgIpc) is 0. The van der Waals surface area contributed by atoms with Gasteiger partial charge in [0.05, 0.1) is 0 Å². The molecule has 0 fully saturated rings. The predicted octanol–water partition coefficient (Wildman–Crippen LogP) is 2.60. The highest BCUT2D eigenvalue weighted by molar-refractivity contribution is 6.92. The normalized spacial score (nSPS) is 0. The van der Waals surface area contributed by atoms with Crippen LogP contribution in [0.4, 0.5) is 0 Å². The molecule has 0 aromatic heterocycles. The maximum Gasteiger partial charge on any atom is -0.0776 e. The van der Waals surface area contributed by atoms with E-state index in [0.717, 1.165) is 0 Å². The molecule has 1 unspecified atom stereocenters. The van der Waals surface area contributed by atoms with E-state index in [1.807, 2.05) is 0 Å². The zero-order valence-electron chi connectivity index (χ0n) is 0.707. The Morgan fingerprint density at radius 1 is 0.400 bits per heavy atom. The molecule has 0 aromatic rings. The van der Waals surface area contributed by atoms with Gasteiger partial charge in [0.2, 0.25) is 0 Å². The number of hydrogen-bond donors (Lipinski definition) is 0. The van der Waals surface area contributed by atoms with E-state index in [-0.39, 0.29) is 39.6 Å². The van der Waals surface area contributed by atoms with Crippen molar-refractivity contribution in [3.05, 3.63) is 0 Å². The van der Waals surface area contributed by atoms with Gasteiger partial charge in [0.25, 0.3) is 0 Å². The second kappa shape index (κ2) is 282. The lowest BCUT2D eigenvalue weighted by molar-refractivity contribution is 2.50.